The maximum Gasteiger partial charge on any atom is 2.00 e. The molecule has 1 aromatic carbocycles. The maximum absolute atomic E-state index is 5.67. The molecule has 0 heterocycles. The SMILES string of the molecule is [CH2-]c1ccc(Cl)cc1Cl.[Cl-].[Mg+2]. The van der Waals surface area contributed by atoms with E-state index in [4.69, 9.17) is 23.2 Å². The van der Waals surface area contributed by atoms with Crippen molar-refractivity contribution in [1.82, 2.24) is 0 Å². The molecule has 0 aliphatic rings. The van der Waals surface area contributed by atoms with E-state index < -0.39 is 0 Å². The number of hydrogen-bond donors (Lipinski definition) is 0. The fourth-order valence-electron chi connectivity index (χ4n) is 0.522. The zero-order valence-corrected chi connectivity index (χ0v) is 9.46. The molecule has 0 saturated carbocycles. The van der Waals surface area contributed by atoms with Crippen molar-refractivity contribution in [1.29, 1.82) is 0 Å². The van der Waals surface area contributed by atoms with Gasteiger partial charge in [-0.3, -0.25) is 0 Å². The first-order valence-electron chi connectivity index (χ1n) is 2.47. The predicted octanol–water partition coefficient (Wildman–Crippen LogP) is -0.201. The molecule has 0 fully saturated rings. The second-order valence-electron chi connectivity index (χ2n) is 1.74. The van der Waals surface area contributed by atoms with Gasteiger partial charge in [0.2, 0.25) is 0 Å². The van der Waals surface area contributed by atoms with Crippen molar-refractivity contribution in [2.75, 3.05) is 0 Å². The average molecular weight is 220 g/mol. The van der Waals surface area contributed by atoms with E-state index in [1.807, 2.05) is 0 Å². The molecule has 56 valence electrons. The first-order valence-corrected chi connectivity index (χ1v) is 3.23. The molecule has 0 unspecified atom stereocenters. The second kappa shape index (κ2) is 6.27. The maximum atomic E-state index is 5.67. The van der Waals surface area contributed by atoms with Gasteiger partial charge in [-0.25, -0.2) is 0 Å². The van der Waals surface area contributed by atoms with Crippen molar-refractivity contribution in [3.8, 4) is 0 Å². The molecule has 0 radical (unpaired) electrons. The van der Waals surface area contributed by atoms with Crippen molar-refractivity contribution in [2.24, 2.45) is 0 Å². The van der Waals surface area contributed by atoms with E-state index in [9.17, 15) is 0 Å². The molecule has 0 aliphatic carbocycles. The Morgan fingerprint density at radius 1 is 1.18 bits per heavy atom. The second-order valence-corrected chi connectivity index (χ2v) is 2.58. The van der Waals surface area contributed by atoms with Gasteiger partial charge in [-0.05, 0) is 0 Å². The van der Waals surface area contributed by atoms with Crippen LogP contribution in [0.4, 0.5) is 0 Å². The third-order valence-corrected chi connectivity index (χ3v) is 1.60. The quantitative estimate of drug-likeness (QED) is 0.419. The Labute approximate surface area is 98.8 Å². The molecule has 1 rings (SSSR count). The molecule has 4 heteroatoms. The summed E-state index contributed by atoms with van der Waals surface area (Å²) in [4.78, 5) is 0. The average Bonchev–Trinajstić information content (AvgIpc) is 1.80. The van der Waals surface area contributed by atoms with Crippen molar-refractivity contribution >= 4 is 46.3 Å². The molecule has 0 saturated heterocycles. The van der Waals surface area contributed by atoms with Crippen LogP contribution in [0.15, 0.2) is 18.2 Å². The molecular weight excluding hydrogens is 215 g/mol. The van der Waals surface area contributed by atoms with E-state index in [1.54, 1.807) is 18.2 Å². The van der Waals surface area contributed by atoms with Crippen molar-refractivity contribution in [3.05, 3.63) is 40.7 Å². The normalized spacial score (nSPS) is 7.82. The van der Waals surface area contributed by atoms with Gasteiger partial charge in [0.25, 0.3) is 0 Å². The monoisotopic (exact) mass is 218 g/mol. The van der Waals surface area contributed by atoms with Gasteiger partial charge in [-0.2, -0.15) is 30.2 Å². The van der Waals surface area contributed by atoms with E-state index in [-0.39, 0.29) is 35.5 Å². The number of hydrogen-bond acceptors (Lipinski definition) is 0. The van der Waals surface area contributed by atoms with E-state index in [0.29, 0.717) is 10.0 Å². The summed E-state index contributed by atoms with van der Waals surface area (Å²) in [5, 5.41) is 1.26. The Bertz CT molecular complexity index is 225. The summed E-state index contributed by atoms with van der Waals surface area (Å²) in [6.07, 6.45) is 0. The van der Waals surface area contributed by atoms with Crippen LogP contribution in [0, 0.1) is 6.92 Å². The third kappa shape index (κ3) is 4.34. The fourth-order valence-corrected chi connectivity index (χ4v) is 0.930. The van der Waals surface area contributed by atoms with Crippen LogP contribution in [-0.2, 0) is 0 Å². The number of halogens is 3. The van der Waals surface area contributed by atoms with Crippen LogP contribution in [0.2, 0.25) is 10.0 Å². The van der Waals surface area contributed by atoms with Gasteiger partial charge < -0.3 is 12.4 Å². The molecule has 11 heavy (non-hydrogen) atoms. The van der Waals surface area contributed by atoms with Gasteiger partial charge in [0, 0.05) is 5.02 Å². The van der Waals surface area contributed by atoms with Gasteiger partial charge in [-0.15, -0.1) is 0 Å². The third-order valence-electron chi connectivity index (χ3n) is 1.02. The molecule has 0 amide bonds. The summed E-state index contributed by atoms with van der Waals surface area (Å²) in [6, 6.07) is 5.21. The van der Waals surface area contributed by atoms with Crippen LogP contribution >= 0.6 is 23.2 Å². The first kappa shape index (κ1) is 14.3. The summed E-state index contributed by atoms with van der Waals surface area (Å²) in [6.45, 7) is 3.67. The summed E-state index contributed by atoms with van der Waals surface area (Å²) in [5.41, 5.74) is 0.807. The summed E-state index contributed by atoms with van der Waals surface area (Å²) >= 11 is 11.3. The molecule has 0 bridgehead atoms. The zero-order chi connectivity index (χ0) is 6.85. The van der Waals surface area contributed by atoms with Crippen molar-refractivity contribution < 1.29 is 12.4 Å². The van der Waals surface area contributed by atoms with Crippen LogP contribution in [0.3, 0.4) is 0 Å². The summed E-state index contributed by atoms with van der Waals surface area (Å²) in [5.74, 6) is 0. The Kier molecular flexibility index (Phi) is 8.12. The fraction of sp³-hybridized carbons (Fsp3) is 0. The topological polar surface area (TPSA) is 0 Å². The Morgan fingerprint density at radius 2 is 1.73 bits per heavy atom. The van der Waals surface area contributed by atoms with E-state index in [0.717, 1.165) is 5.56 Å². The minimum atomic E-state index is 0. The van der Waals surface area contributed by atoms with Crippen molar-refractivity contribution in [3.63, 3.8) is 0 Å². The molecule has 0 aliphatic heterocycles. The van der Waals surface area contributed by atoms with Crippen molar-refractivity contribution in [2.45, 2.75) is 0 Å². The van der Waals surface area contributed by atoms with Gasteiger partial charge in [0.1, 0.15) is 0 Å². The van der Waals surface area contributed by atoms with Gasteiger partial charge >= 0.3 is 23.1 Å². The minimum Gasteiger partial charge on any atom is -1.00 e. The van der Waals surface area contributed by atoms with Crippen LogP contribution < -0.4 is 12.4 Å². The summed E-state index contributed by atoms with van der Waals surface area (Å²) < 4.78 is 0. The molecule has 0 N–H and O–H groups in total. The molecule has 1 aromatic rings. The summed E-state index contributed by atoms with van der Waals surface area (Å²) in [7, 11) is 0. The Balaban J connectivity index is 0. The predicted molar refractivity (Wildman–Crippen MR) is 46.7 cm³/mol. The molecular formula is C7H5Cl3Mg. The van der Waals surface area contributed by atoms with E-state index in [1.165, 1.54) is 0 Å². The molecule has 0 atom stereocenters. The van der Waals surface area contributed by atoms with Crippen LogP contribution in [0.1, 0.15) is 5.56 Å². The van der Waals surface area contributed by atoms with E-state index in [2.05, 4.69) is 6.92 Å². The number of rotatable bonds is 0. The Morgan fingerprint density at radius 3 is 2.09 bits per heavy atom. The standard InChI is InChI=1S/C7H5Cl2.ClH.Mg/c1-5-2-3-6(8)4-7(5)9;;/h2-4H,1H2;1H;/q-1;;+2/p-1. The van der Waals surface area contributed by atoms with Gasteiger partial charge in [-0.1, -0.05) is 28.8 Å². The minimum absolute atomic E-state index is 0. The smallest absolute Gasteiger partial charge is 1.00 e. The molecule has 0 nitrogen and oxygen atoms in total. The van der Waals surface area contributed by atoms with Crippen LogP contribution in [0.25, 0.3) is 0 Å². The van der Waals surface area contributed by atoms with E-state index >= 15 is 0 Å². The zero-order valence-electron chi connectivity index (χ0n) is 5.78. The van der Waals surface area contributed by atoms with Gasteiger partial charge in [0.05, 0.1) is 0 Å². The van der Waals surface area contributed by atoms with Crippen LogP contribution in [-0.4, -0.2) is 23.1 Å². The van der Waals surface area contributed by atoms with Crippen LogP contribution in [0.5, 0.6) is 0 Å². The molecule has 0 aromatic heterocycles. The number of benzene rings is 1. The largest absolute Gasteiger partial charge is 2.00 e. The first-order chi connectivity index (χ1) is 4.20. The molecule has 0 spiro atoms. The Hall–Kier alpha value is 0.726. The van der Waals surface area contributed by atoms with Gasteiger partial charge in [0.15, 0.2) is 0 Å².